The van der Waals surface area contributed by atoms with E-state index in [4.69, 9.17) is 4.74 Å². The summed E-state index contributed by atoms with van der Waals surface area (Å²) in [5, 5.41) is 2.72. The van der Waals surface area contributed by atoms with Crippen LogP contribution in [0.5, 0.6) is 0 Å². The molecule has 0 fully saturated rings. The van der Waals surface area contributed by atoms with E-state index in [-0.39, 0.29) is 11.6 Å². The van der Waals surface area contributed by atoms with E-state index in [9.17, 15) is 18.4 Å². The summed E-state index contributed by atoms with van der Waals surface area (Å²) in [5.74, 6) is -3.19. The number of hydrogen-bond acceptors (Lipinski definition) is 3. The number of halogens is 2. The van der Waals surface area contributed by atoms with Crippen LogP contribution in [0, 0.1) is 11.6 Å². The number of benzene rings is 2. The molecule has 0 bridgehead atoms. The number of hydrogen-bond donors (Lipinski definition) is 1. The first-order chi connectivity index (χ1) is 11.9. The fourth-order valence-corrected chi connectivity index (χ4v) is 2.30. The Labute approximate surface area is 144 Å². The molecule has 1 amide bonds. The lowest BCUT2D eigenvalue weighted by Crippen LogP contribution is -2.36. The second kappa shape index (κ2) is 8.92. The first-order valence-corrected chi connectivity index (χ1v) is 7.90. The van der Waals surface area contributed by atoms with Gasteiger partial charge in [-0.05, 0) is 37.5 Å². The third kappa shape index (κ3) is 6.33. The van der Waals surface area contributed by atoms with Gasteiger partial charge in [-0.1, -0.05) is 30.3 Å². The molecule has 0 saturated carbocycles. The van der Waals surface area contributed by atoms with Gasteiger partial charge < -0.3 is 10.1 Å². The topological polar surface area (TPSA) is 55.4 Å². The number of ether oxygens (including phenoxy) is 1. The lowest BCUT2D eigenvalue weighted by molar-refractivity contribution is -0.124. The van der Waals surface area contributed by atoms with Crippen LogP contribution < -0.4 is 5.32 Å². The summed E-state index contributed by atoms with van der Waals surface area (Å²) in [6, 6.07) is 12.1. The summed E-state index contributed by atoms with van der Waals surface area (Å²) in [6.07, 6.45) is 1.55. The number of aryl methyl sites for hydroxylation is 1. The predicted octanol–water partition coefficient (Wildman–Crippen LogP) is 3.26. The highest BCUT2D eigenvalue weighted by molar-refractivity contribution is 5.91. The van der Waals surface area contributed by atoms with Crippen molar-refractivity contribution in [2.75, 3.05) is 6.61 Å². The molecule has 2 aromatic rings. The highest BCUT2D eigenvalue weighted by atomic mass is 19.1. The van der Waals surface area contributed by atoms with E-state index in [2.05, 4.69) is 5.32 Å². The molecular weight excluding hydrogens is 328 g/mol. The third-order valence-corrected chi connectivity index (χ3v) is 3.55. The molecule has 1 atom stereocenters. The first-order valence-electron chi connectivity index (χ1n) is 7.90. The molecule has 2 aromatic carbocycles. The Kier molecular flexibility index (Phi) is 6.62. The van der Waals surface area contributed by atoms with E-state index in [0.717, 1.165) is 25.0 Å². The maximum atomic E-state index is 13.1. The predicted molar refractivity (Wildman–Crippen MR) is 89.0 cm³/mol. The summed E-state index contributed by atoms with van der Waals surface area (Å²) in [4.78, 5) is 23.5. The van der Waals surface area contributed by atoms with Crippen LogP contribution in [0.1, 0.15) is 29.3 Å². The van der Waals surface area contributed by atoms with E-state index < -0.39 is 30.1 Å². The van der Waals surface area contributed by atoms with Gasteiger partial charge in [-0.3, -0.25) is 4.79 Å². The fourth-order valence-electron chi connectivity index (χ4n) is 2.30. The van der Waals surface area contributed by atoms with Crippen molar-refractivity contribution in [3.05, 3.63) is 71.3 Å². The van der Waals surface area contributed by atoms with Crippen molar-refractivity contribution in [3.63, 3.8) is 0 Å². The summed E-state index contributed by atoms with van der Waals surface area (Å²) in [7, 11) is 0. The number of esters is 1. The van der Waals surface area contributed by atoms with Crippen LogP contribution in [0.4, 0.5) is 8.78 Å². The number of rotatable bonds is 7. The molecule has 0 radical (unpaired) electrons. The van der Waals surface area contributed by atoms with Gasteiger partial charge in [0.15, 0.2) is 6.61 Å². The largest absolute Gasteiger partial charge is 0.452 e. The maximum Gasteiger partial charge on any atom is 0.338 e. The standard InChI is InChI=1S/C19H19F2NO3/c1-13(7-8-14-5-3-2-4-6-14)22-18(23)12-25-19(24)15-9-16(20)11-17(21)10-15/h2-6,9-11,13H,7-8,12H2,1H3,(H,22,23)/t13-/m1/s1. The SMILES string of the molecule is C[C@H](CCc1ccccc1)NC(=O)COC(=O)c1cc(F)cc(F)c1. The van der Waals surface area contributed by atoms with Gasteiger partial charge in [0.05, 0.1) is 5.56 Å². The summed E-state index contributed by atoms with van der Waals surface area (Å²) in [6.45, 7) is 1.34. The Morgan fingerprint density at radius 2 is 1.72 bits per heavy atom. The monoisotopic (exact) mass is 347 g/mol. The van der Waals surface area contributed by atoms with Gasteiger partial charge in [0.25, 0.3) is 5.91 Å². The molecule has 4 nitrogen and oxygen atoms in total. The van der Waals surface area contributed by atoms with Crippen LogP contribution in [0.25, 0.3) is 0 Å². The molecule has 0 spiro atoms. The fraction of sp³-hybridized carbons (Fsp3) is 0.263. The number of nitrogens with one attached hydrogen (secondary N) is 1. The quantitative estimate of drug-likeness (QED) is 0.782. The zero-order valence-electron chi connectivity index (χ0n) is 13.8. The molecule has 0 aliphatic heterocycles. The van der Waals surface area contributed by atoms with Crippen molar-refractivity contribution in [3.8, 4) is 0 Å². The zero-order valence-corrected chi connectivity index (χ0v) is 13.8. The molecule has 6 heteroatoms. The first kappa shape index (κ1) is 18.6. The van der Waals surface area contributed by atoms with Crippen molar-refractivity contribution in [2.24, 2.45) is 0 Å². The lowest BCUT2D eigenvalue weighted by atomic mass is 10.1. The minimum atomic E-state index is -0.953. The van der Waals surface area contributed by atoms with Gasteiger partial charge in [0, 0.05) is 12.1 Å². The smallest absolute Gasteiger partial charge is 0.338 e. The zero-order chi connectivity index (χ0) is 18.2. The normalized spacial score (nSPS) is 11.6. The Balaban J connectivity index is 1.75. The van der Waals surface area contributed by atoms with Crippen LogP contribution in [0.2, 0.25) is 0 Å². The van der Waals surface area contributed by atoms with Gasteiger partial charge in [-0.2, -0.15) is 0 Å². The van der Waals surface area contributed by atoms with Crippen molar-refractivity contribution in [2.45, 2.75) is 25.8 Å². The second-order valence-corrected chi connectivity index (χ2v) is 5.73. The van der Waals surface area contributed by atoms with Gasteiger partial charge in [-0.25, -0.2) is 13.6 Å². The van der Waals surface area contributed by atoms with E-state index in [0.29, 0.717) is 6.07 Å². The van der Waals surface area contributed by atoms with Crippen LogP contribution >= 0.6 is 0 Å². The lowest BCUT2D eigenvalue weighted by Gasteiger charge is -2.14. The number of amides is 1. The maximum absolute atomic E-state index is 13.1. The van der Waals surface area contributed by atoms with Crippen LogP contribution in [-0.2, 0) is 16.0 Å². The van der Waals surface area contributed by atoms with Crippen LogP contribution in [0.3, 0.4) is 0 Å². The molecule has 1 N–H and O–H groups in total. The van der Waals surface area contributed by atoms with Gasteiger partial charge >= 0.3 is 5.97 Å². The number of carbonyl (C=O) groups excluding carboxylic acids is 2. The molecule has 2 rings (SSSR count). The molecule has 0 heterocycles. The minimum absolute atomic E-state index is 0.0991. The third-order valence-electron chi connectivity index (χ3n) is 3.55. The molecule has 0 aliphatic carbocycles. The van der Waals surface area contributed by atoms with Crippen molar-refractivity contribution in [1.29, 1.82) is 0 Å². The van der Waals surface area contributed by atoms with Crippen LogP contribution in [-0.4, -0.2) is 24.5 Å². The van der Waals surface area contributed by atoms with Gasteiger partial charge in [0.2, 0.25) is 0 Å². The summed E-state index contributed by atoms with van der Waals surface area (Å²) in [5.41, 5.74) is 0.894. The van der Waals surface area contributed by atoms with Gasteiger partial charge in [-0.15, -0.1) is 0 Å². The van der Waals surface area contributed by atoms with Crippen molar-refractivity contribution < 1.29 is 23.1 Å². The Morgan fingerprint density at radius 3 is 2.36 bits per heavy atom. The molecule has 0 aliphatic rings. The molecule has 0 unspecified atom stereocenters. The van der Waals surface area contributed by atoms with Gasteiger partial charge in [0.1, 0.15) is 11.6 Å². The van der Waals surface area contributed by atoms with E-state index in [1.54, 1.807) is 0 Å². The Morgan fingerprint density at radius 1 is 1.08 bits per heavy atom. The molecule has 132 valence electrons. The highest BCUT2D eigenvalue weighted by Gasteiger charge is 2.14. The second-order valence-electron chi connectivity index (χ2n) is 5.73. The number of carbonyl (C=O) groups is 2. The van der Waals surface area contributed by atoms with E-state index in [1.165, 1.54) is 5.56 Å². The molecule has 0 saturated heterocycles. The highest BCUT2D eigenvalue weighted by Crippen LogP contribution is 2.09. The minimum Gasteiger partial charge on any atom is -0.452 e. The molecule has 0 aromatic heterocycles. The van der Waals surface area contributed by atoms with Crippen LogP contribution in [0.15, 0.2) is 48.5 Å². The van der Waals surface area contributed by atoms with E-state index >= 15 is 0 Å². The molecule has 25 heavy (non-hydrogen) atoms. The van der Waals surface area contributed by atoms with Crippen molar-refractivity contribution in [1.82, 2.24) is 5.32 Å². The summed E-state index contributed by atoms with van der Waals surface area (Å²) >= 11 is 0. The Bertz CT molecular complexity index is 714. The average Bonchev–Trinajstić information content (AvgIpc) is 2.58. The van der Waals surface area contributed by atoms with E-state index in [1.807, 2.05) is 37.3 Å². The Hall–Kier alpha value is -2.76. The summed E-state index contributed by atoms with van der Waals surface area (Å²) < 4.78 is 30.9. The van der Waals surface area contributed by atoms with Crippen molar-refractivity contribution >= 4 is 11.9 Å². The average molecular weight is 347 g/mol. The molecular formula is C19H19F2NO3.